The van der Waals surface area contributed by atoms with E-state index in [1.807, 2.05) is 0 Å². The maximum atomic E-state index is 13.0. The molecule has 4 rings (SSSR count). The number of ether oxygens (including phenoxy) is 1. The monoisotopic (exact) mass is 549 g/mol. The Morgan fingerprint density at radius 3 is 2.71 bits per heavy atom. The van der Waals surface area contributed by atoms with E-state index in [2.05, 4.69) is 26.0 Å². The molecule has 0 radical (unpaired) electrons. The predicted octanol–water partition coefficient (Wildman–Crippen LogP) is 5.80. The van der Waals surface area contributed by atoms with Gasteiger partial charge in [-0.15, -0.1) is 10.2 Å². The molecular weight excluding hydrogens is 533 g/mol. The second kappa shape index (κ2) is 11.1. The minimum Gasteiger partial charge on any atom is -0.495 e. The SMILES string of the molecule is COc1ccc(Cl)cc1NC(=O)CSc1nnc(NC(=O)c2c(-c3ccccc3Cl)noc2C)s1. The molecule has 0 aliphatic carbocycles. The zero-order valence-corrected chi connectivity index (χ0v) is 21.4. The number of hydrogen-bond acceptors (Lipinski definition) is 9. The van der Waals surface area contributed by atoms with Gasteiger partial charge in [0.05, 0.1) is 23.6 Å². The van der Waals surface area contributed by atoms with E-state index in [4.69, 9.17) is 32.5 Å². The third kappa shape index (κ3) is 5.93. The van der Waals surface area contributed by atoms with Gasteiger partial charge in [0.1, 0.15) is 22.8 Å². The number of carbonyl (C=O) groups excluding carboxylic acids is 2. The maximum Gasteiger partial charge on any atom is 0.263 e. The van der Waals surface area contributed by atoms with E-state index in [-0.39, 0.29) is 22.4 Å². The minimum absolute atomic E-state index is 0.0691. The van der Waals surface area contributed by atoms with Gasteiger partial charge in [-0.05, 0) is 31.2 Å². The maximum absolute atomic E-state index is 13.0. The summed E-state index contributed by atoms with van der Waals surface area (Å²) in [5.74, 6) is 0.163. The molecule has 0 fully saturated rings. The van der Waals surface area contributed by atoms with Crippen molar-refractivity contribution in [3.63, 3.8) is 0 Å². The Bertz CT molecular complexity index is 1390. The first-order valence-corrected chi connectivity index (χ1v) is 12.5. The van der Waals surface area contributed by atoms with Crippen LogP contribution < -0.4 is 15.4 Å². The molecule has 0 spiro atoms. The fraction of sp³-hybridized carbons (Fsp3) is 0.136. The quantitative estimate of drug-likeness (QED) is 0.209. The van der Waals surface area contributed by atoms with E-state index >= 15 is 0 Å². The van der Waals surface area contributed by atoms with Gasteiger partial charge in [-0.2, -0.15) is 0 Å². The van der Waals surface area contributed by atoms with Crippen LogP contribution in [0.15, 0.2) is 51.3 Å². The molecule has 2 heterocycles. The number of methoxy groups -OCH3 is 1. The van der Waals surface area contributed by atoms with Crippen molar-refractivity contribution in [2.75, 3.05) is 23.5 Å². The molecule has 0 aliphatic rings. The zero-order chi connectivity index (χ0) is 24.9. The standard InChI is InChI=1S/C22H17Cl2N5O4S2/c1-11-18(19(29-33-11)13-5-3-4-6-14(13)24)20(31)26-21-27-28-22(35-21)34-10-17(30)25-15-9-12(23)7-8-16(15)32-2/h3-9H,10H2,1-2H3,(H,25,30)(H,26,27,31). The number of carbonyl (C=O) groups is 2. The normalized spacial score (nSPS) is 10.7. The van der Waals surface area contributed by atoms with Crippen LogP contribution >= 0.6 is 46.3 Å². The van der Waals surface area contributed by atoms with Gasteiger partial charge in [-0.25, -0.2) is 0 Å². The summed E-state index contributed by atoms with van der Waals surface area (Å²) in [6, 6.07) is 12.0. The summed E-state index contributed by atoms with van der Waals surface area (Å²) in [6.45, 7) is 1.64. The first kappa shape index (κ1) is 25.0. The average molecular weight is 550 g/mol. The molecule has 0 saturated heterocycles. The lowest BCUT2D eigenvalue weighted by Gasteiger charge is -2.09. The van der Waals surface area contributed by atoms with Crippen molar-refractivity contribution in [2.45, 2.75) is 11.3 Å². The van der Waals surface area contributed by atoms with Gasteiger partial charge in [-0.1, -0.05) is 69.7 Å². The second-order valence-electron chi connectivity index (χ2n) is 6.95. The molecule has 2 aromatic carbocycles. The Morgan fingerprint density at radius 1 is 1.14 bits per heavy atom. The Morgan fingerprint density at radius 2 is 1.94 bits per heavy atom. The largest absolute Gasteiger partial charge is 0.495 e. The second-order valence-corrected chi connectivity index (χ2v) is 9.99. The number of nitrogens with zero attached hydrogens (tertiary/aromatic N) is 3. The summed E-state index contributed by atoms with van der Waals surface area (Å²) in [5.41, 5.74) is 1.62. The van der Waals surface area contributed by atoms with Gasteiger partial charge >= 0.3 is 0 Å². The van der Waals surface area contributed by atoms with Crippen LogP contribution in [0.1, 0.15) is 16.1 Å². The zero-order valence-electron chi connectivity index (χ0n) is 18.3. The van der Waals surface area contributed by atoms with Crippen LogP contribution in [0.25, 0.3) is 11.3 Å². The Labute approximate surface area is 218 Å². The summed E-state index contributed by atoms with van der Waals surface area (Å²) < 4.78 is 11.0. The minimum atomic E-state index is -0.461. The number of rotatable bonds is 8. The smallest absolute Gasteiger partial charge is 0.263 e. The summed E-state index contributed by atoms with van der Waals surface area (Å²) in [7, 11) is 1.50. The Balaban J connectivity index is 1.39. The average Bonchev–Trinajstić information content (AvgIpc) is 3.44. The van der Waals surface area contributed by atoms with Gasteiger partial charge in [0.2, 0.25) is 11.0 Å². The van der Waals surface area contributed by atoms with Crippen molar-refractivity contribution >= 4 is 68.9 Å². The van der Waals surface area contributed by atoms with Gasteiger partial charge in [0, 0.05) is 10.6 Å². The van der Waals surface area contributed by atoms with E-state index < -0.39 is 5.91 Å². The van der Waals surface area contributed by atoms with Crippen molar-refractivity contribution < 1.29 is 18.8 Å². The van der Waals surface area contributed by atoms with Crippen LogP contribution in [0.2, 0.25) is 10.0 Å². The molecule has 9 nitrogen and oxygen atoms in total. The lowest BCUT2D eigenvalue weighted by Crippen LogP contribution is -2.14. The van der Waals surface area contributed by atoms with Crippen LogP contribution in [0.4, 0.5) is 10.8 Å². The number of halogens is 2. The van der Waals surface area contributed by atoms with E-state index in [0.29, 0.717) is 42.8 Å². The Hall–Kier alpha value is -3.12. The summed E-state index contributed by atoms with van der Waals surface area (Å²) >= 11 is 14.6. The lowest BCUT2D eigenvalue weighted by atomic mass is 10.1. The molecule has 0 unspecified atom stereocenters. The van der Waals surface area contributed by atoms with Crippen LogP contribution in [0, 0.1) is 6.92 Å². The number of aromatic nitrogens is 3. The molecule has 0 bridgehead atoms. The number of aryl methyl sites for hydroxylation is 1. The first-order valence-electron chi connectivity index (χ1n) is 9.98. The van der Waals surface area contributed by atoms with E-state index in [0.717, 1.165) is 11.3 Å². The first-order chi connectivity index (χ1) is 16.9. The number of benzene rings is 2. The van der Waals surface area contributed by atoms with Crippen LogP contribution in [0.3, 0.4) is 0 Å². The van der Waals surface area contributed by atoms with E-state index in [1.54, 1.807) is 49.4 Å². The molecule has 2 amide bonds. The van der Waals surface area contributed by atoms with Gasteiger partial charge in [0.25, 0.3) is 5.91 Å². The third-order valence-corrected chi connectivity index (χ3v) is 7.14. The molecule has 2 N–H and O–H groups in total. The van der Waals surface area contributed by atoms with Crippen LogP contribution in [-0.2, 0) is 4.79 Å². The number of amides is 2. The van der Waals surface area contributed by atoms with E-state index in [9.17, 15) is 9.59 Å². The molecule has 180 valence electrons. The molecule has 0 atom stereocenters. The summed E-state index contributed by atoms with van der Waals surface area (Å²) in [6.07, 6.45) is 0. The third-order valence-electron chi connectivity index (χ3n) is 4.61. The van der Waals surface area contributed by atoms with Crippen LogP contribution in [-0.4, -0.2) is 40.0 Å². The highest BCUT2D eigenvalue weighted by Gasteiger charge is 2.24. The van der Waals surface area contributed by atoms with Crippen molar-refractivity contribution in [1.82, 2.24) is 15.4 Å². The number of hydrogen-bond donors (Lipinski definition) is 2. The number of thioether (sulfide) groups is 1. The van der Waals surface area contributed by atoms with Gasteiger partial charge in [0.15, 0.2) is 4.34 Å². The molecule has 0 aliphatic heterocycles. The van der Waals surface area contributed by atoms with Crippen molar-refractivity contribution in [3.8, 4) is 17.0 Å². The highest BCUT2D eigenvalue weighted by atomic mass is 35.5. The van der Waals surface area contributed by atoms with Gasteiger partial charge < -0.3 is 14.6 Å². The summed E-state index contributed by atoms with van der Waals surface area (Å²) in [4.78, 5) is 25.3. The fourth-order valence-electron chi connectivity index (χ4n) is 3.05. The lowest BCUT2D eigenvalue weighted by molar-refractivity contribution is -0.113. The highest BCUT2D eigenvalue weighted by molar-refractivity contribution is 8.01. The molecule has 0 saturated carbocycles. The predicted molar refractivity (Wildman–Crippen MR) is 137 cm³/mol. The topological polar surface area (TPSA) is 119 Å². The molecule has 2 aromatic heterocycles. The molecular formula is C22H17Cl2N5O4S2. The molecule has 35 heavy (non-hydrogen) atoms. The van der Waals surface area contributed by atoms with Crippen molar-refractivity contribution in [1.29, 1.82) is 0 Å². The molecule has 13 heteroatoms. The fourth-order valence-corrected chi connectivity index (χ4v) is 4.99. The van der Waals surface area contributed by atoms with E-state index in [1.165, 1.54) is 18.9 Å². The molecule has 4 aromatic rings. The van der Waals surface area contributed by atoms with Crippen molar-refractivity contribution in [2.24, 2.45) is 0 Å². The summed E-state index contributed by atoms with van der Waals surface area (Å²) in [5, 5.41) is 18.6. The highest BCUT2D eigenvalue weighted by Crippen LogP contribution is 2.33. The Kier molecular flexibility index (Phi) is 7.91. The van der Waals surface area contributed by atoms with Crippen LogP contribution in [0.5, 0.6) is 5.75 Å². The van der Waals surface area contributed by atoms with Crippen molar-refractivity contribution in [3.05, 3.63) is 63.8 Å². The van der Waals surface area contributed by atoms with Gasteiger partial charge in [-0.3, -0.25) is 14.9 Å². The number of nitrogens with one attached hydrogen (secondary N) is 2. The number of anilines is 2.